The molecule has 3 heterocycles. The Bertz CT molecular complexity index is 615. The Balaban J connectivity index is 1.52. The van der Waals surface area contributed by atoms with Crippen LogP contribution in [0.3, 0.4) is 0 Å². The summed E-state index contributed by atoms with van der Waals surface area (Å²) in [5, 5.41) is 11.7. The van der Waals surface area contributed by atoms with E-state index in [0.29, 0.717) is 24.8 Å². The van der Waals surface area contributed by atoms with Crippen molar-refractivity contribution < 1.29 is 14.3 Å². The van der Waals surface area contributed by atoms with Crippen LogP contribution in [0, 0.1) is 0 Å². The molecule has 2 aromatic rings. The third-order valence-electron chi connectivity index (χ3n) is 3.37. The minimum absolute atomic E-state index is 0.00239. The number of nitrogens with zero attached hydrogens (tertiary/aromatic N) is 6. The summed E-state index contributed by atoms with van der Waals surface area (Å²) in [6, 6.07) is 3.39. The summed E-state index contributed by atoms with van der Waals surface area (Å²) >= 11 is 0. The van der Waals surface area contributed by atoms with Gasteiger partial charge in [-0.2, -0.15) is 5.10 Å². The Morgan fingerprint density at radius 1 is 1.36 bits per heavy atom. The molecule has 22 heavy (non-hydrogen) atoms. The summed E-state index contributed by atoms with van der Waals surface area (Å²) in [6.07, 6.45) is 3.61. The van der Waals surface area contributed by atoms with Crippen LogP contribution in [-0.4, -0.2) is 62.1 Å². The molecule has 1 amide bonds. The maximum atomic E-state index is 12.1. The molecular formula is C13H16N6O3. The summed E-state index contributed by atoms with van der Waals surface area (Å²) in [6.45, 7) is 1.37. The zero-order valence-corrected chi connectivity index (χ0v) is 12.1. The molecule has 1 saturated heterocycles. The second-order valence-corrected chi connectivity index (χ2v) is 4.88. The zero-order valence-electron chi connectivity index (χ0n) is 12.1. The van der Waals surface area contributed by atoms with Gasteiger partial charge in [-0.1, -0.05) is 0 Å². The molecule has 0 spiro atoms. The standard InChI is InChI=1S/C13H16N6O3/c1-21-11-2-3-12(17-16-11)22-10-4-5-18(6-10)13(20)7-19-9-14-8-15-19/h2-3,8-10H,4-7H2,1H3. The lowest BCUT2D eigenvalue weighted by atomic mass is 10.3. The first-order chi connectivity index (χ1) is 10.7. The van der Waals surface area contributed by atoms with E-state index >= 15 is 0 Å². The van der Waals surface area contributed by atoms with Gasteiger partial charge in [-0.25, -0.2) is 9.67 Å². The molecule has 3 rings (SSSR count). The van der Waals surface area contributed by atoms with Crippen LogP contribution in [-0.2, 0) is 11.3 Å². The van der Waals surface area contributed by atoms with Gasteiger partial charge in [0, 0.05) is 25.1 Å². The molecule has 0 bridgehead atoms. The third-order valence-corrected chi connectivity index (χ3v) is 3.37. The highest BCUT2D eigenvalue weighted by Gasteiger charge is 2.28. The molecule has 0 aliphatic carbocycles. The summed E-state index contributed by atoms with van der Waals surface area (Å²) in [5.41, 5.74) is 0. The topological polar surface area (TPSA) is 95.3 Å². The van der Waals surface area contributed by atoms with Gasteiger partial charge >= 0.3 is 0 Å². The zero-order chi connectivity index (χ0) is 15.4. The van der Waals surface area contributed by atoms with E-state index in [1.807, 2.05) is 0 Å². The largest absolute Gasteiger partial charge is 0.480 e. The SMILES string of the molecule is COc1ccc(OC2CCN(C(=O)Cn3cncn3)C2)nn1. The van der Waals surface area contributed by atoms with E-state index in [2.05, 4.69) is 20.3 Å². The van der Waals surface area contributed by atoms with E-state index in [1.54, 1.807) is 17.0 Å². The van der Waals surface area contributed by atoms with Gasteiger partial charge < -0.3 is 14.4 Å². The van der Waals surface area contributed by atoms with Crippen LogP contribution in [0.2, 0.25) is 0 Å². The number of carbonyl (C=O) groups excluding carboxylic acids is 1. The molecule has 1 fully saturated rings. The Morgan fingerprint density at radius 3 is 2.86 bits per heavy atom. The van der Waals surface area contributed by atoms with Gasteiger partial charge in [0.15, 0.2) is 0 Å². The summed E-state index contributed by atoms with van der Waals surface area (Å²) in [5.74, 6) is 0.859. The maximum absolute atomic E-state index is 12.1. The highest BCUT2D eigenvalue weighted by molar-refractivity contribution is 5.76. The second-order valence-electron chi connectivity index (χ2n) is 4.88. The summed E-state index contributed by atoms with van der Waals surface area (Å²) in [7, 11) is 1.53. The first kappa shape index (κ1) is 14.2. The lowest BCUT2D eigenvalue weighted by molar-refractivity contribution is -0.131. The number of amides is 1. The quantitative estimate of drug-likeness (QED) is 0.752. The molecule has 0 N–H and O–H groups in total. The van der Waals surface area contributed by atoms with E-state index in [0.717, 1.165) is 6.42 Å². The van der Waals surface area contributed by atoms with Gasteiger partial charge in [-0.3, -0.25) is 4.79 Å². The van der Waals surface area contributed by atoms with Crippen LogP contribution in [0.1, 0.15) is 6.42 Å². The van der Waals surface area contributed by atoms with Crippen molar-refractivity contribution >= 4 is 5.91 Å². The minimum atomic E-state index is -0.0811. The molecule has 1 atom stereocenters. The van der Waals surface area contributed by atoms with Crippen LogP contribution >= 0.6 is 0 Å². The average molecular weight is 304 g/mol. The number of carbonyl (C=O) groups is 1. The molecular weight excluding hydrogens is 288 g/mol. The summed E-state index contributed by atoms with van der Waals surface area (Å²) < 4.78 is 12.2. The molecule has 0 aromatic carbocycles. The Labute approximate surface area is 126 Å². The number of methoxy groups -OCH3 is 1. The first-order valence-electron chi connectivity index (χ1n) is 6.89. The van der Waals surface area contributed by atoms with Gasteiger partial charge in [0.1, 0.15) is 25.3 Å². The van der Waals surface area contributed by atoms with Crippen molar-refractivity contribution in [3.8, 4) is 11.8 Å². The molecule has 1 aliphatic rings. The summed E-state index contributed by atoms with van der Waals surface area (Å²) in [4.78, 5) is 17.7. The molecule has 116 valence electrons. The molecule has 1 aliphatic heterocycles. The average Bonchev–Trinajstić information content (AvgIpc) is 3.20. The van der Waals surface area contributed by atoms with E-state index in [4.69, 9.17) is 9.47 Å². The highest BCUT2D eigenvalue weighted by atomic mass is 16.5. The normalized spacial score (nSPS) is 17.5. The van der Waals surface area contributed by atoms with Crippen LogP contribution in [0.25, 0.3) is 0 Å². The van der Waals surface area contributed by atoms with Gasteiger partial charge in [-0.15, -0.1) is 10.2 Å². The van der Waals surface area contributed by atoms with Crippen molar-refractivity contribution in [2.45, 2.75) is 19.1 Å². The van der Waals surface area contributed by atoms with Gasteiger partial charge in [0.05, 0.1) is 13.7 Å². The van der Waals surface area contributed by atoms with Gasteiger partial charge in [-0.05, 0) is 0 Å². The molecule has 9 nitrogen and oxygen atoms in total. The highest BCUT2D eigenvalue weighted by Crippen LogP contribution is 2.17. The predicted octanol–water partition coefficient (Wildman–Crippen LogP) is -0.243. The number of aromatic nitrogens is 5. The Morgan fingerprint density at radius 2 is 2.18 bits per heavy atom. The Kier molecular flexibility index (Phi) is 4.12. The fraction of sp³-hybridized carbons (Fsp3) is 0.462. The van der Waals surface area contributed by atoms with Crippen molar-refractivity contribution in [2.24, 2.45) is 0 Å². The molecule has 2 aromatic heterocycles. The van der Waals surface area contributed by atoms with E-state index in [-0.39, 0.29) is 18.6 Å². The van der Waals surface area contributed by atoms with Crippen LogP contribution in [0.4, 0.5) is 0 Å². The van der Waals surface area contributed by atoms with Crippen LogP contribution in [0.5, 0.6) is 11.8 Å². The Hall–Kier alpha value is -2.71. The lowest BCUT2D eigenvalue weighted by Gasteiger charge is -2.16. The monoisotopic (exact) mass is 304 g/mol. The number of ether oxygens (including phenoxy) is 2. The minimum Gasteiger partial charge on any atom is -0.480 e. The second kappa shape index (κ2) is 6.37. The van der Waals surface area contributed by atoms with E-state index < -0.39 is 0 Å². The van der Waals surface area contributed by atoms with Crippen LogP contribution < -0.4 is 9.47 Å². The van der Waals surface area contributed by atoms with Crippen molar-refractivity contribution in [3.05, 3.63) is 24.8 Å². The molecule has 0 saturated carbocycles. The van der Waals surface area contributed by atoms with Gasteiger partial charge in [0.25, 0.3) is 0 Å². The number of likely N-dealkylation sites (tertiary alicyclic amines) is 1. The fourth-order valence-corrected chi connectivity index (χ4v) is 2.25. The van der Waals surface area contributed by atoms with Crippen LogP contribution in [0.15, 0.2) is 24.8 Å². The fourth-order valence-electron chi connectivity index (χ4n) is 2.25. The third kappa shape index (κ3) is 3.30. The molecule has 0 radical (unpaired) electrons. The number of rotatable bonds is 5. The van der Waals surface area contributed by atoms with Crippen molar-refractivity contribution in [1.29, 1.82) is 0 Å². The number of hydrogen-bond donors (Lipinski definition) is 0. The maximum Gasteiger partial charge on any atom is 0.244 e. The first-order valence-corrected chi connectivity index (χ1v) is 6.89. The van der Waals surface area contributed by atoms with Crippen molar-refractivity contribution in [3.63, 3.8) is 0 Å². The lowest BCUT2D eigenvalue weighted by Crippen LogP contribution is -2.33. The smallest absolute Gasteiger partial charge is 0.244 e. The van der Waals surface area contributed by atoms with Crippen molar-refractivity contribution in [1.82, 2.24) is 29.9 Å². The number of hydrogen-bond acceptors (Lipinski definition) is 7. The van der Waals surface area contributed by atoms with E-state index in [1.165, 1.54) is 24.4 Å². The molecule has 1 unspecified atom stereocenters. The van der Waals surface area contributed by atoms with Gasteiger partial charge in [0.2, 0.25) is 17.7 Å². The molecule has 9 heteroatoms. The van der Waals surface area contributed by atoms with Crippen molar-refractivity contribution in [2.75, 3.05) is 20.2 Å². The van der Waals surface area contributed by atoms with E-state index in [9.17, 15) is 4.79 Å². The predicted molar refractivity (Wildman–Crippen MR) is 74.2 cm³/mol.